The van der Waals surface area contributed by atoms with Crippen molar-refractivity contribution in [3.8, 4) is 0 Å². The van der Waals surface area contributed by atoms with Gasteiger partial charge in [0.1, 0.15) is 0 Å². The number of rotatable bonds is 0. The molecule has 0 fully saturated rings. The summed E-state index contributed by atoms with van der Waals surface area (Å²) in [6.07, 6.45) is 10.0. The molecule has 1 radical (unpaired) electrons. The molecule has 0 atom stereocenters. The van der Waals surface area contributed by atoms with E-state index in [1.54, 1.807) is 0 Å². The van der Waals surface area contributed by atoms with Crippen LogP contribution in [0.5, 0.6) is 0 Å². The molecule has 1 aliphatic rings. The summed E-state index contributed by atoms with van der Waals surface area (Å²) < 4.78 is 0. The Morgan fingerprint density at radius 2 is 2.00 bits per heavy atom. The molecule has 0 bridgehead atoms. The van der Waals surface area contributed by atoms with E-state index >= 15 is 0 Å². The molecule has 0 heterocycles. The summed E-state index contributed by atoms with van der Waals surface area (Å²) in [5.41, 5.74) is 0. The predicted octanol–water partition coefficient (Wildman–Crippen LogP) is 1.82. The van der Waals surface area contributed by atoms with E-state index in [2.05, 4.69) is 25.2 Å². The quantitative estimate of drug-likeness (QED) is 0.386. The first-order chi connectivity index (χ1) is 3.91. The van der Waals surface area contributed by atoms with E-state index in [1.807, 2.05) is 12.2 Å². The zero-order valence-corrected chi connectivity index (χ0v) is 8.73. The summed E-state index contributed by atoms with van der Waals surface area (Å²) in [5, 5.41) is 0. The molecular weight excluding hydrogens is 160 g/mol. The van der Waals surface area contributed by atoms with Crippen molar-refractivity contribution in [3.63, 3.8) is 0 Å². The fourth-order valence-electron chi connectivity index (χ4n) is 0.340. The zero-order valence-electron chi connectivity index (χ0n) is 6.02. The fourth-order valence-corrected chi connectivity index (χ4v) is 0.340. The van der Waals surface area contributed by atoms with Gasteiger partial charge in [0.05, 0.1) is 0 Å². The smallest absolute Gasteiger partial charge is 0.0213 e. The van der Waals surface area contributed by atoms with Crippen LogP contribution in [0.2, 0.25) is 13.1 Å². The Hall–Kier alpha value is 0.411. The Bertz CT molecular complexity index is 76.9. The van der Waals surface area contributed by atoms with Gasteiger partial charge in [-0.1, -0.05) is 13.1 Å². The normalized spacial score (nSPS) is 11.8. The molecule has 0 aliphatic heterocycles. The Morgan fingerprint density at radius 1 is 1.44 bits per heavy atom. The molecule has 0 N–H and O–H groups in total. The molecule has 0 aromatic heterocycles. The average molecular weight is 172 g/mol. The minimum absolute atomic E-state index is 0. The summed E-state index contributed by atoms with van der Waals surface area (Å²) in [4.78, 5) is 0. The van der Waals surface area contributed by atoms with E-state index in [-0.39, 0.29) is 21.7 Å². The zero-order chi connectivity index (χ0) is 6.24. The Morgan fingerprint density at radius 3 is 2.11 bits per heavy atom. The molecule has 0 saturated heterocycles. The third kappa shape index (κ3) is 11.8. The van der Waals surface area contributed by atoms with Gasteiger partial charge < -0.3 is 0 Å². The van der Waals surface area contributed by atoms with Gasteiger partial charge in [0.15, 0.2) is 0 Å². The molecular formula is C7H12SiTi-. The molecule has 1 rings (SSSR count). The first-order valence-corrected chi connectivity index (χ1v) is 5.18. The van der Waals surface area contributed by atoms with Gasteiger partial charge in [-0.25, -0.2) is 12.2 Å². The van der Waals surface area contributed by atoms with E-state index in [9.17, 15) is 0 Å². The molecule has 0 nitrogen and oxygen atoms in total. The summed E-state index contributed by atoms with van der Waals surface area (Å²) in [6, 6.07) is 0. The van der Waals surface area contributed by atoms with Gasteiger partial charge in [0.2, 0.25) is 0 Å². The van der Waals surface area contributed by atoms with Gasteiger partial charge in [0, 0.05) is 31.2 Å². The van der Waals surface area contributed by atoms with Crippen LogP contribution in [0.3, 0.4) is 0 Å². The third-order valence-corrected chi connectivity index (χ3v) is 0.586. The summed E-state index contributed by atoms with van der Waals surface area (Å²) in [5.74, 6) is 0. The Labute approximate surface area is 75.1 Å². The van der Waals surface area contributed by atoms with E-state index in [0.29, 0.717) is 0 Å². The largest absolute Gasteiger partial charge is 0.273 e. The van der Waals surface area contributed by atoms with E-state index in [0.717, 1.165) is 15.9 Å². The molecule has 2 heteroatoms. The maximum Gasteiger partial charge on any atom is 0.0213 e. The van der Waals surface area contributed by atoms with Crippen molar-refractivity contribution < 1.29 is 21.7 Å². The van der Waals surface area contributed by atoms with Crippen molar-refractivity contribution in [2.24, 2.45) is 0 Å². The summed E-state index contributed by atoms with van der Waals surface area (Å²) in [7, 11) is 0.750. The van der Waals surface area contributed by atoms with Crippen LogP contribution in [-0.4, -0.2) is 9.52 Å². The fraction of sp³-hybridized carbons (Fsp3) is 0.429. The second-order valence-corrected chi connectivity index (χ2v) is 2.74. The van der Waals surface area contributed by atoms with Crippen LogP contribution in [0.1, 0.15) is 6.42 Å². The second kappa shape index (κ2) is 11.2. The number of hydrogen-bond donors (Lipinski definition) is 0. The van der Waals surface area contributed by atoms with Gasteiger partial charge >= 0.3 is 0 Å². The number of allylic oxidation sites excluding steroid dienone is 4. The Kier molecular flexibility index (Phi) is 15.1. The van der Waals surface area contributed by atoms with Crippen molar-refractivity contribution in [2.75, 3.05) is 0 Å². The van der Waals surface area contributed by atoms with Crippen LogP contribution >= 0.6 is 0 Å². The molecule has 9 heavy (non-hydrogen) atoms. The van der Waals surface area contributed by atoms with Crippen LogP contribution in [0.4, 0.5) is 0 Å². The standard InChI is InChI=1S/C5H5.C2H7Si.Ti/c1-2-4-5-3-1;1-3-2;/h1-3H,4H2;3H,1-2H3;/q-1;;. The monoisotopic (exact) mass is 172 g/mol. The molecule has 0 aromatic rings. The SMILES string of the molecule is C[SiH]C.[C-]1=CC=CC1.[Ti]. The molecule has 1 aliphatic carbocycles. The molecule has 0 saturated carbocycles. The Balaban J connectivity index is 0. The van der Waals surface area contributed by atoms with Crippen LogP contribution in [0.25, 0.3) is 0 Å². The van der Waals surface area contributed by atoms with Gasteiger partial charge in [-0.3, -0.25) is 6.08 Å². The van der Waals surface area contributed by atoms with Crippen molar-refractivity contribution in [3.05, 3.63) is 24.3 Å². The van der Waals surface area contributed by atoms with Crippen LogP contribution in [0, 0.1) is 6.08 Å². The maximum atomic E-state index is 2.99. The van der Waals surface area contributed by atoms with Crippen LogP contribution < -0.4 is 0 Å². The maximum absolute atomic E-state index is 2.99. The van der Waals surface area contributed by atoms with Gasteiger partial charge in [-0.2, -0.15) is 6.08 Å². The molecule has 0 unspecified atom stereocenters. The second-order valence-electron chi connectivity index (χ2n) is 1.58. The number of hydrogen-bond acceptors (Lipinski definition) is 0. The first-order valence-electron chi connectivity index (χ1n) is 2.87. The topological polar surface area (TPSA) is 0 Å². The average Bonchev–Trinajstić information content (AvgIpc) is 2.17. The van der Waals surface area contributed by atoms with Crippen LogP contribution in [0.15, 0.2) is 18.2 Å². The van der Waals surface area contributed by atoms with E-state index in [1.165, 1.54) is 0 Å². The van der Waals surface area contributed by atoms with E-state index < -0.39 is 0 Å². The predicted molar refractivity (Wildman–Crippen MR) is 40.4 cm³/mol. The van der Waals surface area contributed by atoms with Gasteiger partial charge in [-0.15, -0.1) is 6.42 Å². The summed E-state index contributed by atoms with van der Waals surface area (Å²) >= 11 is 0. The molecule has 49 valence electrons. The molecule has 0 amide bonds. The summed E-state index contributed by atoms with van der Waals surface area (Å²) in [6.45, 7) is 4.42. The molecule has 0 spiro atoms. The van der Waals surface area contributed by atoms with Crippen LogP contribution in [-0.2, 0) is 21.7 Å². The van der Waals surface area contributed by atoms with Crippen molar-refractivity contribution in [2.45, 2.75) is 19.5 Å². The minimum atomic E-state index is 0. The van der Waals surface area contributed by atoms with Crippen molar-refractivity contribution in [1.82, 2.24) is 0 Å². The third-order valence-electron chi connectivity index (χ3n) is 0.586. The minimum Gasteiger partial charge on any atom is -0.273 e. The van der Waals surface area contributed by atoms with Crippen molar-refractivity contribution >= 4 is 9.52 Å². The molecule has 0 aromatic carbocycles. The van der Waals surface area contributed by atoms with Crippen molar-refractivity contribution in [1.29, 1.82) is 0 Å². The van der Waals surface area contributed by atoms with Gasteiger partial charge in [-0.05, 0) is 0 Å². The first kappa shape index (κ1) is 12.1. The van der Waals surface area contributed by atoms with Gasteiger partial charge in [0.25, 0.3) is 0 Å². The van der Waals surface area contributed by atoms with E-state index in [4.69, 9.17) is 0 Å².